The lowest BCUT2D eigenvalue weighted by Crippen LogP contribution is -2.52. The zero-order chi connectivity index (χ0) is 17.1. The van der Waals surface area contributed by atoms with E-state index in [1.165, 1.54) is 7.11 Å². The number of sulfonamides is 1. The standard InChI is InChI=1S/C15H24N2O4S/c1-11(14(18)16-15(2,3)4)17(22(6,19)20)12-7-9-13(21-5)10-8-12/h7-11H,1-6H3,(H,16,18)/t11-/m1/s1. The van der Waals surface area contributed by atoms with Crippen LogP contribution in [-0.2, 0) is 14.8 Å². The summed E-state index contributed by atoms with van der Waals surface area (Å²) in [6.45, 7) is 7.09. The molecule has 7 heteroatoms. The van der Waals surface area contributed by atoms with Crippen molar-refractivity contribution in [3.8, 4) is 5.75 Å². The molecule has 1 amide bonds. The summed E-state index contributed by atoms with van der Waals surface area (Å²) in [6, 6.07) is 5.67. The number of carbonyl (C=O) groups is 1. The van der Waals surface area contributed by atoms with Crippen molar-refractivity contribution in [2.75, 3.05) is 17.7 Å². The molecule has 1 aromatic rings. The monoisotopic (exact) mass is 328 g/mol. The molecule has 0 saturated carbocycles. The van der Waals surface area contributed by atoms with Crippen LogP contribution >= 0.6 is 0 Å². The third kappa shape index (κ3) is 4.91. The highest BCUT2D eigenvalue weighted by Crippen LogP contribution is 2.24. The third-order valence-corrected chi connectivity index (χ3v) is 4.16. The minimum atomic E-state index is -3.61. The van der Waals surface area contributed by atoms with Crippen LogP contribution in [0.1, 0.15) is 27.7 Å². The van der Waals surface area contributed by atoms with E-state index in [0.717, 1.165) is 10.6 Å². The minimum absolute atomic E-state index is 0.353. The number of carbonyl (C=O) groups excluding carboxylic acids is 1. The molecule has 22 heavy (non-hydrogen) atoms. The molecule has 0 bridgehead atoms. The predicted octanol–water partition coefficient (Wildman–Crippen LogP) is 1.76. The van der Waals surface area contributed by atoms with Crippen LogP contribution in [0.2, 0.25) is 0 Å². The van der Waals surface area contributed by atoms with Gasteiger partial charge in [0, 0.05) is 5.54 Å². The fourth-order valence-electron chi connectivity index (χ4n) is 2.01. The van der Waals surface area contributed by atoms with Crippen molar-refractivity contribution in [3.05, 3.63) is 24.3 Å². The number of nitrogens with one attached hydrogen (secondary N) is 1. The maximum Gasteiger partial charge on any atom is 0.244 e. The number of hydrogen-bond acceptors (Lipinski definition) is 4. The van der Waals surface area contributed by atoms with Gasteiger partial charge >= 0.3 is 0 Å². The highest BCUT2D eigenvalue weighted by molar-refractivity contribution is 7.92. The molecule has 124 valence electrons. The predicted molar refractivity (Wildman–Crippen MR) is 87.7 cm³/mol. The van der Waals surface area contributed by atoms with Crippen LogP contribution in [0.3, 0.4) is 0 Å². The molecule has 0 radical (unpaired) electrons. The topological polar surface area (TPSA) is 75.7 Å². The summed E-state index contributed by atoms with van der Waals surface area (Å²) in [5, 5.41) is 2.79. The molecule has 0 saturated heterocycles. The maximum atomic E-state index is 12.3. The molecule has 0 spiro atoms. The van der Waals surface area contributed by atoms with Gasteiger partial charge in [0.2, 0.25) is 15.9 Å². The lowest BCUT2D eigenvalue weighted by molar-refractivity contribution is -0.123. The van der Waals surface area contributed by atoms with Crippen LogP contribution in [-0.4, -0.2) is 39.3 Å². The Morgan fingerprint density at radius 2 is 1.73 bits per heavy atom. The second-order valence-corrected chi connectivity index (χ2v) is 8.03. The Balaban J connectivity index is 3.15. The number of methoxy groups -OCH3 is 1. The van der Waals surface area contributed by atoms with Gasteiger partial charge in [-0.3, -0.25) is 9.10 Å². The van der Waals surface area contributed by atoms with E-state index in [4.69, 9.17) is 4.74 Å². The molecule has 1 aromatic carbocycles. The molecule has 1 N–H and O–H groups in total. The average molecular weight is 328 g/mol. The Bertz CT molecular complexity index is 618. The fraction of sp³-hybridized carbons (Fsp3) is 0.533. The summed E-state index contributed by atoms with van der Waals surface area (Å²) in [5.74, 6) is 0.262. The van der Waals surface area contributed by atoms with Gasteiger partial charge < -0.3 is 10.1 Å². The molecule has 0 aliphatic heterocycles. The third-order valence-electron chi connectivity index (χ3n) is 2.91. The number of ether oxygens (including phenoxy) is 1. The number of rotatable bonds is 5. The van der Waals surface area contributed by atoms with E-state index in [1.54, 1.807) is 31.2 Å². The van der Waals surface area contributed by atoms with Crippen molar-refractivity contribution >= 4 is 21.6 Å². The van der Waals surface area contributed by atoms with Gasteiger partial charge in [-0.2, -0.15) is 0 Å². The van der Waals surface area contributed by atoms with E-state index in [9.17, 15) is 13.2 Å². The Morgan fingerprint density at radius 3 is 2.09 bits per heavy atom. The van der Waals surface area contributed by atoms with Crippen LogP contribution < -0.4 is 14.4 Å². The first-order valence-electron chi connectivity index (χ1n) is 6.91. The van der Waals surface area contributed by atoms with Crippen molar-refractivity contribution in [2.24, 2.45) is 0 Å². The minimum Gasteiger partial charge on any atom is -0.497 e. The molecule has 1 atom stereocenters. The van der Waals surface area contributed by atoms with Crippen LogP contribution in [0, 0.1) is 0 Å². The van der Waals surface area contributed by atoms with Crippen LogP contribution in [0.15, 0.2) is 24.3 Å². The summed E-state index contributed by atoms with van der Waals surface area (Å²) in [6.07, 6.45) is 1.08. The van der Waals surface area contributed by atoms with Gasteiger partial charge in [-0.25, -0.2) is 8.42 Å². The molecule has 0 aliphatic carbocycles. The van der Waals surface area contributed by atoms with Crippen molar-refractivity contribution in [1.29, 1.82) is 0 Å². The van der Waals surface area contributed by atoms with E-state index >= 15 is 0 Å². The molecule has 0 heterocycles. The normalized spacial score (nSPS) is 13.4. The molecular weight excluding hydrogens is 304 g/mol. The molecule has 0 unspecified atom stereocenters. The lowest BCUT2D eigenvalue weighted by atomic mass is 10.1. The number of hydrogen-bond donors (Lipinski definition) is 1. The zero-order valence-electron chi connectivity index (χ0n) is 13.9. The Hall–Kier alpha value is -1.76. The van der Waals surface area contributed by atoms with Gasteiger partial charge in [-0.05, 0) is 52.0 Å². The highest BCUT2D eigenvalue weighted by atomic mass is 32.2. The summed E-state index contributed by atoms with van der Waals surface area (Å²) in [5.41, 5.74) is -0.0196. The van der Waals surface area contributed by atoms with Crippen molar-refractivity contribution in [3.63, 3.8) is 0 Å². The first-order chi connectivity index (χ1) is 9.95. The number of anilines is 1. The van der Waals surface area contributed by atoms with E-state index in [1.807, 2.05) is 20.8 Å². The average Bonchev–Trinajstić information content (AvgIpc) is 2.36. The summed E-state index contributed by atoms with van der Waals surface area (Å²) in [4.78, 5) is 12.3. The summed E-state index contributed by atoms with van der Waals surface area (Å²) >= 11 is 0. The van der Waals surface area contributed by atoms with Crippen molar-refractivity contribution < 1.29 is 17.9 Å². The van der Waals surface area contributed by atoms with Crippen molar-refractivity contribution in [2.45, 2.75) is 39.3 Å². The van der Waals surface area contributed by atoms with Crippen molar-refractivity contribution in [1.82, 2.24) is 5.32 Å². The van der Waals surface area contributed by atoms with E-state index in [0.29, 0.717) is 11.4 Å². The Kier molecular flexibility index (Phi) is 5.45. The smallest absolute Gasteiger partial charge is 0.244 e. The fourth-order valence-corrected chi connectivity index (χ4v) is 3.19. The quantitative estimate of drug-likeness (QED) is 0.894. The van der Waals surface area contributed by atoms with Gasteiger partial charge in [0.1, 0.15) is 11.8 Å². The highest BCUT2D eigenvalue weighted by Gasteiger charge is 2.30. The van der Waals surface area contributed by atoms with Gasteiger partial charge in [-0.1, -0.05) is 0 Å². The van der Waals surface area contributed by atoms with Crippen LogP contribution in [0.5, 0.6) is 5.75 Å². The van der Waals surface area contributed by atoms with Gasteiger partial charge in [0.15, 0.2) is 0 Å². The zero-order valence-corrected chi connectivity index (χ0v) is 14.7. The first-order valence-corrected chi connectivity index (χ1v) is 8.76. The Labute approximate surface area is 132 Å². The lowest BCUT2D eigenvalue weighted by Gasteiger charge is -2.31. The second kappa shape index (κ2) is 6.56. The number of nitrogens with zero attached hydrogens (tertiary/aromatic N) is 1. The number of amides is 1. The first kappa shape index (κ1) is 18.3. The molecule has 0 aliphatic rings. The van der Waals surface area contributed by atoms with Gasteiger partial charge in [0.05, 0.1) is 19.1 Å². The summed E-state index contributed by atoms with van der Waals surface area (Å²) < 4.78 is 30.4. The Morgan fingerprint density at radius 1 is 1.23 bits per heavy atom. The van der Waals surface area contributed by atoms with Crippen LogP contribution in [0.25, 0.3) is 0 Å². The molecule has 0 aromatic heterocycles. The molecular formula is C15H24N2O4S. The van der Waals surface area contributed by atoms with Gasteiger partial charge in [0.25, 0.3) is 0 Å². The van der Waals surface area contributed by atoms with E-state index in [2.05, 4.69) is 5.32 Å². The molecule has 0 fully saturated rings. The van der Waals surface area contributed by atoms with Gasteiger partial charge in [-0.15, -0.1) is 0 Å². The second-order valence-electron chi connectivity index (χ2n) is 6.17. The molecule has 1 rings (SSSR count). The van der Waals surface area contributed by atoms with Crippen LogP contribution in [0.4, 0.5) is 5.69 Å². The number of benzene rings is 1. The van der Waals surface area contributed by atoms with E-state index < -0.39 is 21.6 Å². The SMILES string of the molecule is COc1ccc(N([C@H](C)C(=O)NC(C)(C)C)S(C)(=O)=O)cc1. The van der Waals surface area contributed by atoms with E-state index in [-0.39, 0.29) is 5.91 Å². The maximum absolute atomic E-state index is 12.3. The molecule has 6 nitrogen and oxygen atoms in total. The summed E-state index contributed by atoms with van der Waals surface area (Å²) in [7, 11) is -2.08. The largest absolute Gasteiger partial charge is 0.497 e.